The minimum absolute atomic E-state index is 0.335. The molecule has 19 heavy (non-hydrogen) atoms. The molecule has 1 heterocycles. The summed E-state index contributed by atoms with van der Waals surface area (Å²) in [5.41, 5.74) is 1.24. The van der Waals surface area contributed by atoms with Gasteiger partial charge in [-0.05, 0) is 44.8 Å². The molecule has 0 aliphatic carbocycles. The van der Waals surface area contributed by atoms with Crippen LogP contribution in [0.25, 0.3) is 0 Å². The van der Waals surface area contributed by atoms with Gasteiger partial charge >= 0.3 is 7.12 Å². The fraction of sp³-hybridized carbons (Fsp3) is 0.571. The predicted molar refractivity (Wildman–Crippen MR) is 77.9 cm³/mol. The topological polar surface area (TPSA) is 27.7 Å². The molecule has 0 atom stereocenters. The zero-order valence-electron chi connectivity index (χ0n) is 12.1. The van der Waals surface area contributed by atoms with Crippen molar-refractivity contribution in [1.29, 1.82) is 0 Å². The molecule has 1 saturated heterocycles. The lowest BCUT2D eigenvalue weighted by molar-refractivity contribution is 0.00578. The first-order chi connectivity index (χ1) is 8.77. The lowest BCUT2D eigenvalue weighted by atomic mass is 9.78. The smallest absolute Gasteiger partial charge is 0.399 e. The lowest BCUT2D eigenvalue weighted by Crippen LogP contribution is -2.41. The molecule has 0 bridgehead atoms. The molecule has 0 amide bonds. The van der Waals surface area contributed by atoms with Crippen LogP contribution in [-0.2, 0) is 20.7 Å². The molecule has 3 nitrogen and oxygen atoms in total. The predicted octanol–water partition coefficient (Wildman–Crippen LogP) is 2.79. The van der Waals surface area contributed by atoms with E-state index in [1.807, 2.05) is 45.9 Å². The molecule has 0 aromatic heterocycles. The van der Waals surface area contributed by atoms with Crippen LogP contribution in [0.15, 0.2) is 18.2 Å². The van der Waals surface area contributed by atoms with Gasteiger partial charge in [0.1, 0.15) is 0 Å². The summed E-state index contributed by atoms with van der Waals surface area (Å²) in [4.78, 5) is 0. The van der Waals surface area contributed by atoms with Gasteiger partial charge in [-0.15, -0.1) is 0 Å². The Morgan fingerprint density at radius 2 is 1.74 bits per heavy atom. The van der Waals surface area contributed by atoms with Crippen molar-refractivity contribution in [2.75, 3.05) is 7.11 Å². The lowest BCUT2D eigenvalue weighted by Gasteiger charge is -2.32. The van der Waals surface area contributed by atoms with Crippen LogP contribution in [0, 0.1) is 0 Å². The number of ether oxygens (including phenoxy) is 1. The second kappa shape index (κ2) is 5.10. The van der Waals surface area contributed by atoms with E-state index in [2.05, 4.69) is 0 Å². The monoisotopic (exact) mass is 282 g/mol. The molecule has 2 rings (SSSR count). The Balaban J connectivity index is 2.27. The highest BCUT2D eigenvalue weighted by molar-refractivity contribution is 6.62. The molecule has 1 aromatic rings. The van der Waals surface area contributed by atoms with E-state index >= 15 is 0 Å². The van der Waals surface area contributed by atoms with Gasteiger partial charge in [0.25, 0.3) is 0 Å². The van der Waals surface area contributed by atoms with E-state index in [0.717, 1.165) is 11.0 Å². The van der Waals surface area contributed by atoms with Gasteiger partial charge in [0.2, 0.25) is 0 Å². The minimum atomic E-state index is -0.363. The number of hydrogen-bond acceptors (Lipinski definition) is 3. The van der Waals surface area contributed by atoms with E-state index in [4.69, 9.17) is 25.6 Å². The molecule has 0 unspecified atom stereocenters. The van der Waals surface area contributed by atoms with Gasteiger partial charge in [0.15, 0.2) is 0 Å². The van der Waals surface area contributed by atoms with Crippen molar-refractivity contribution in [3.63, 3.8) is 0 Å². The summed E-state index contributed by atoms with van der Waals surface area (Å²) < 4.78 is 17.2. The van der Waals surface area contributed by atoms with Gasteiger partial charge in [-0.1, -0.05) is 23.7 Å². The van der Waals surface area contributed by atoms with E-state index in [-0.39, 0.29) is 18.3 Å². The fourth-order valence-corrected chi connectivity index (χ4v) is 2.16. The second-order valence-electron chi connectivity index (χ2n) is 5.87. The zero-order chi connectivity index (χ0) is 14.3. The first kappa shape index (κ1) is 14.9. The Kier molecular flexibility index (Phi) is 3.98. The van der Waals surface area contributed by atoms with Crippen LogP contribution < -0.4 is 5.46 Å². The summed E-state index contributed by atoms with van der Waals surface area (Å²) in [5, 5.41) is 0.696. The van der Waals surface area contributed by atoms with Gasteiger partial charge < -0.3 is 14.0 Å². The number of hydrogen-bond donors (Lipinski definition) is 0. The molecule has 0 N–H and O–H groups in total. The van der Waals surface area contributed by atoms with Crippen LogP contribution in [0.5, 0.6) is 0 Å². The van der Waals surface area contributed by atoms with Gasteiger partial charge in [-0.25, -0.2) is 0 Å². The summed E-state index contributed by atoms with van der Waals surface area (Å²) in [6, 6.07) is 5.77. The van der Waals surface area contributed by atoms with Crippen molar-refractivity contribution in [2.24, 2.45) is 0 Å². The molecule has 104 valence electrons. The van der Waals surface area contributed by atoms with E-state index in [9.17, 15) is 0 Å². The average Bonchev–Trinajstić information content (AvgIpc) is 2.51. The largest absolute Gasteiger partial charge is 0.494 e. The fourth-order valence-electron chi connectivity index (χ4n) is 1.99. The molecule has 1 fully saturated rings. The van der Waals surface area contributed by atoms with Crippen LogP contribution >= 0.6 is 11.6 Å². The molecule has 0 spiro atoms. The number of methoxy groups -OCH3 is 1. The van der Waals surface area contributed by atoms with Crippen molar-refractivity contribution in [3.8, 4) is 0 Å². The van der Waals surface area contributed by atoms with Gasteiger partial charge in [-0.3, -0.25) is 0 Å². The number of halogens is 1. The number of benzene rings is 1. The van der Waals surface area contributed by atoms with Crippen LogP contribution in [0.3, 0.4) is 0 Å². The Bertz CT molecular complexity index is 458. The third-order valence-electron chi connectivity index (χ3n) is 3.90. The summed E-state index contributed by atoms with van der Waals surface area (Å²) in [7, 11) is 1.29. The molecular formula is C14H20BClO3. The third kappa shape index (κ3) is 2.82. The summed E-state index contributed by atoms with van der Waals surface area (Å²) in [5.74, 6) is 0. The molecule has 1 aliphatic rings. The Morgan fingerprint density at radius 3 is 2.26 bits per heavy atom. The maximum absolute atomic E-state index is 6.13. The van der Waals surface area contributed by atoms with Crippen LogP contribution in [0.2, 0.25) is 5.02 Å². The van der Waals surface area contributed by atoms with E-state index in [1.165, 1.54) is 0 Å². The maximum atomic E-state index is 6.13. The van der Waals surface area contributed by atoms with Gasteiger partial charge in [0.05, 0.1) is 17.8 Å². The van der Waals surface area contributed by atoms with E-state index < -0.39 is 0 Å². The third-order valence-corrected chi connectivity index (χ3v) is 4.26. The quantitative estimate of drug-likeness (QED) is 0.798. The Labute approximate surface area is 120 Å². The van der Waals surface area contributed by atoms with Crippen molar-refractivity contribution in [3.05, 3.63) is 28.8 Å². The van der Waals surface area contributed by atoms with Gasteiger partial charge in [0, 0.05) is 12.1 Å². The summed E-state index contributed by atoms with van der Waals surface area (Å²) >= 11 is 6.13. The van der Waals surface area contributed by atoms with Gasteiger partial charge in [-0.2, -0.15) is 0 Å². The highest BCUT2D eigenvalue weighted by Gasteiger charge is 2.51. The maximum Gasteiger partial charge on any atom is 0.494 e. The van der Waals surface area contributed by atoms with Crippen molar-refractivity contribution in [2.45, 2.75) is 45.5 Å². The number of rotatable bonds is 3. The highest BCUT2D eigenvalue weighted by Crippen LogP contribution is 2.36. The molecule has 1 aromatic carbocycles. The molecule has 5 heteroatoms. The minimum Gasteiger partial charge on any atom is -0.399 e. The van der Waals surface area contributed by atoms with Crippen molar-refractivity contribution >= 4 is 24.2 Å². The van der Waals surface area contributed by atoms with Crippen molar-refractivity contribution < 1.29 is 14.0 Å². The van der Waals surface area contributed by atoms with Crippen molar-refractivity contribution in [1.82, 2.24) is 0 Å². The molecule has 0 saturated carbocycles. The first-order valence-corrected chi connectivity index (χ1v) is 6.77. The summed E-state index contributed by atoms with van der Waals surface area (Å²) in [6.07, 6.45) is 0. The highest BCUT2D eigenvalue weighted by atomic mass is 35.5. The normalized spacial score (nSPS) is 20.8. The van der Waals surface area contributed by atoms with E-state index in [1.54, 1.807) is 7.11 Å². The zero-order valence-corrected chi connectivity index (χ0v) is 12.9. The van der Waals surface area contributed by atoms with Crippen LogP contribution in [-0.4, -0.2) is 25.4 Å². The standard InChI is InChI=1S/C14H20BClO3/c1-13(2)14(3,4)19-15(18-13)11-6-7-12(16)10(8-11)9-17-5/h6-8H,9H2,1-5H3. The molecule has 0 radical (unpaired) electrons. The molecular weight excluding hydrogens is 262 g/mol. The van der Waals surface area contributed by atoms with Crippen LogP contribution in [0.4, 0.5) is 0 Å². The SMILES string of the molecule is COCc1cc(B2OC(C)(C)C(C)(C)O2)ccc1Cl. The van der Waals surface area contributed by atoms with E-state index in [0.29, 0.717) is 11.6 Å². The van der Waals surface area contributed by atoms with Crippen LogP contribution in [0.1, 0.15) is 33.3 Å². The Hall–Kier alpha value is -0.545. The first-order valence-electron chi connectivity index (χ1n) is 6.40. The summed E-state index contributed by atoms with van der Waals surface area (Å²) in [6.45, 7) is 8.64. The average molecular weight is 283 g/mol. The second-order valence-corrected chi connectivity index (χ2v) is 6.28. The molecule has 1 aliphatic heterocycles. The Morgan fingerprint density at radius 1 is 1.16 bits per heavy atom.